The maximum Gasteiger partial charge on any atom is 0.329 e. The van der Waals surface area contributed by atoms with Crippen LogP contribution in [0.15, 0.2) is 23.3 Å². The van der Waals surface area contributed by atoms with Crippen molar-refractivity contribution >= 4 is 31.8 Å². The van der Waals surface area contributed by atoms with Crippen molar-refractivity contribution in [3.05, 3.63) is 23.3 Å². The van der Waals surface area contributed by atoms with Gasteiger partial charge in [0.05, 0.1) is 43.7 Å². The van der Waals surface area contributed by atoms with Crippen molar-refractivity contribution in [2.75, 3.05) is 41.1 Å². The molecule has 0 aromatic heterocycles. The average Bonchev–Trinajstić information content (AvgIpc) is 3.31. The molecular formula is C52H88FNO14Si. The lowest BCUT2D eigenvalue weighted by Crippen LogP contribution is -2.64. The summed E-state index contributed by atoms with van der Waals surface area (Å²) in [4.78, 5) is 59.8. The number of aliphatic hydroxyl groups is 3. The zero-order valence-electron chi connectivity index (χ0n) is 44.2. The van der Waals surface area contributed by atoms with Gasteiger partial charge in [-0.15, -0.1) is 0 Å². The average molecular weight is 998 g/mol. The third kappa shape index (κ3) is 14.4. The second-order valence-corrected chi connectivity index (χ2v) is 26.9. The number of hydrogen-bond acceptors (Lipinski definition) is 14. The lowest BCUT2D eigenvalue weighted by Gasteiger charge is -2.47. The van der Waals surface area contributed by atoms with Crippen molar-refractivity contribution in [1.29, 1.82) is 0 Å². The first-order valence-electron chi connectivity index (χ1n) is 25.4. The number of methoxy groups -OCH3 is 3. The summed E-state index contributed by atoms with van der Waals surface area (Å²) in [5.74, 6) is -8.68. The monoisotopic (exact) mass is 998 g/mol. The summed E-state index contributed by atoms with van der Waals surface area (Å²) in [5, 5.41) is 31.3. The highest BCUT2D eigenvalue weighted by molar-refractivity contribution is 6.74. The molecule has 0 radical (unpaired) electrons. The van der Waals surface area contributed by atoms with Crippen LogP contribution in [0.2, 0.25) is 18.1 Å². The number of ether oxygens (including phenoxy) is 6. The molecule has 1 aliphatic carbocycles. The Bertz CT molecular complexity index is 1790. The molecule has 0 aromatic carbocycles. The number of aliphatic hydroxyl groups excluding tert-OH is 2. The SMILES string of the molecule is CCC1/C=C(\C)C(F)C(C)CC(OC)C2OC(O)(C(=O)C(=O)N3CCCCC3C(=O)OC(C(C)=CC3CCC(OCC(O)CO)C(OC)C3)C(C)C(O[Si](C)(C)C(C)(C)C)CC1=O)C(C)CC2OC. The van der Waals surface area contributed by atoms with E-state index in [9.17, 15) is 34.5 Å². The Balaban J connectivity index is 1.88. The second-order valence-electron chi connectivity index (χ2n) is 22.1. The highest BCUT2D eigenvalue weighted by atomic mass is 28.4. The number of ketones is 2. The summed E-state index contributed by atoms with van der Waals surface area (Å²) in [6.45, 7) is 20.8. The third-order valence-electron chi connectivity index (χ3n) is 16.0. The number of fused-ring (bicyclic) bond motifs is 3. The van der Waals surface area contributed by atoms with E-state index in [0.717, 1.165) is 0 Å². The largest absolute Gasteiger partial charge is 0.456 e. The zero-order valence-corrected chi connectivity index (χ0v) is 45.2. The summed E-state index contributed by atoms with van der Waals surface area (Å²) in [6.07, 6.45) is -0.0341. The van der Waals surface area contributed by atoms with Gasteiger partial charge in [-0.25, -0.2) is 9.18 Å². The van der Waals surface area contributed by atoms with Gasteiger partial charge in [-0.3, -0.25) is 14.4 Å². The van der Waals surface area contributed by atoms with Gasteiger partial charge in [0.15, 0.2) is 8.32 Å². The number of carbonyl (C=O) groups excluding carboxylic acids is 4. The molecule has 3 fully saturated rings. The molecule has 1 amide bonds. The molecule has 16 unspecified atom stereocenters. The predicted octanol–water partition coefficient (Wildman–Crippen LogP) is 6.83. The summed E-state index contributed by atoms with van der Waals surface area (Å²) in [6, 6.07) is -1.18. The van der Waals surface area contributed by atoms with E-state index in [-0.39, 0.29) is 67.8 Å². The smallest absolute Gasteiger partial charge is 0.329 e. The van der Waals surface area contributed by atoms with E-state index in [1.54, 1.807) is 34.0 Å². The zero-order chi connectivity index (χ0) is 51.8. The van der Waals surface area contributed by atoms with Crippen molar-refractivity contribution in [2.24, 2.45) is 29.6 Å². The predicted molar refractivity (Wildman–Crippen MR) is 261 cm³/mol. The lowest BCUT2D eigenvalue weighted by atomic mass is 9.81. The first-order valence-corrected chi connectivity index (χ1v) is 28.4. The second kappa shape index (κ2) is 25.5. The normalized spacial score (nSPS) is 38.1. The summed E-state index contributed by atoms with van der Waals surface area (Å²) < 4.78 is 60.2. The van der Waals surface area contributed by atoms with Crippen molar-refractivity contribution in [2.45, 2.75) is 211 Å². The number of nitrogens with zero attached hydrogens (tertiary/aromatic N) is 1. The van der Waals surface area contributed by atoms with E-state index in [1.165, 1.54) is 19.1 Å². The molecule has 16 atom stereocenters. The highest BCUT2D eigenvalue weighted by Gasteiger charge is 2.57. The molecule has 3 heterocycles. The van der Waals surface area contributed by atoms with Crippen LogP contribution in [0, 0.1) is 29.6 Å². The van der Waals surface area contributed by atoms with Crippen molar-refractivity contribution in [3.8, 4) is 0 Å². The summed E-state index contributed by atoms with van der Waals surface area (Å²) in [7, 11) is 1.88. The first-order chi connectivity index (χ1) is 32.3. The standard InChI is InChI=1S/C52H88FNO14Si/c1-15-36-23-30(2)45(53)31(3)24-43(63-11)47-44(64-12)25-33(5)52(61,67-47)48(58)49(59)54-21-17-16-18-38(54)50(60)66-46(34(6)41(27-39(36)57)68-69(13,14)51(7,8)9)32(4)22-35-19-20-40(42(26-35)62-10)65-29-37(56)28-55/h22-23,31,33-38,40-47,55-56,61H,15-21,24-29H2,1-14H3/b30-23+,32-22?. The van der Waals surface area contributed by atoms with Crippen molar-refractivity contribution in [1.82, 2.24) is 4.90 Å². The van der Waals surface area contributed by atoms with E-state index in [2.05, 4.69) is 39.9 Å². The Morgan fingerprint density at radius 2 is 1.59 bits per heavy atom. The number of rotatable bonds is 12. The summed E-state index contributed by atoms with van der Waals surface area (Å²) >= 11 is 0. The van der Waals surface area contributed by atoms with E-state index in [1.807, 2.05) is 20.8 Å². The Morgan fingerprint density at radius 1 is 0.957 bits per heavy atom. The van der Waals surface area contributed by atoms with Crippen LogP contribution in [-0.4, -0.2) is 160 Å². The molecule has 0 aromatic rings. The molecule has 3 N–H and O–H groups in total. The molecule has 2 saturated heterocycles. The van der Waals surface area contributed by atoms with Crippen LogP contribution in [-0.2, 0) is 52.0 Å². The van der Waals surface area contributed by atoms with Crippen molar-refractivity contribution in [3.63, 3.8) is 0 Å². The highest BCUT2D eigenvalue weighted by Crippen LogP contribution is 2.42. The molecule has 0 spiro atoms. The lowest BCUT2D eigenvalue weighted by molar-refractivity contribution is -0.302. The van der Waals surface area contributed by atoms with E-state index in [0.29, 0.717) is 49.7 Å². The number of allylic oxidation sites excluding steroid dienone is 3. The van der Waals surface area contributed by atoms with Gasteiger partial charge >= 0.3 is 5.97 Å². The van der Waals surface area contributed by atoms with E-state index >= 15 is 4.39 Å². The molecule has 17 heteroatoms. The molecule has 15 nitrogen and oxygen atoms in total. The van der Waals surface area contributed by atoms with Gasteiger partial charge in [0, 0.05) is 52.0 Å². The van der Waals surface area contributed by atoms with Crippen LogP contribution in [0.3, 0.4) is 0 Å². The minimum atomic E-state index is -2.63. The Labute approximate surface area is 412 Å². The molecule has 2 bridgehead atoms. The van der Waals surface area contributed by atoms with Crippen LogP contribution >= 0.6 is 0 Å². The number of esters is 1. The van der Waals surface area contributed by atoms with E-state index in [4.69, 9.17) is 32.8 Å². The van der Waals surface area contributed by atoms with Gasteiger partial charge in [0.2, 0.25) is 5.79 Å². The van der Waals surface area contributed by atoms with Gasteiger partial charge in [-0.2, -0.15) is 0 Å². The molecule has 3 aliphatic heterocycles. The fraction of sp³-hybridized carbons (Fsp3) is 0.846. The number of alkyl halides is 1. The van der Waals surface area contributed by atoms with Gasteiger partial charge in [0.25, 0.3) is 11.7 Å². The van der Waals surface area contributed by atoms with Crippen LogP contribution in [0.25, 0.3) is 0 Å². The van der Waals surface area contributed by atoms with Gasteiger partial charge in [-0.05, 0) is 113 Å². The fourth-order valence-corrected chi connectivity index (χ4v) is 11.9. The number of halogens is 1. The van der Waals surface area contributed by atoms with Crippen molar-refractivity contribution < 1.29 is 71.7 Å². The Morgan fingerprint density at radius 3 is 2.19 bits per heavy atom. The van der Waals surface area contributed by atoms with Crippen LogP contribution < -0.4 is 0 Å². The first kappa shape index (κ1) is 59.1. The summed E-state index contributed by atoms with van der Waals surface area (Å²) in [5.41, 5.74) is 1.07. The van der Waals surface area contributed by atoms with Crippen LogP contribution in [0.5, 0.6) is 0 Å². The van der Waals surface area contributed by atoms with Crippen LogP contribution in [0.1, 0.15) is 127 Å². The van der Waals surface area contributed by atoms with Gasteiger partial charge in [0.1, 0.15) is 36.3 Å². The molecule has 4 rings (SSSR count). The molecule has 396 valence electrons. The number of amides is 1. The Kier molecular flexibility index (Phi) is 21.8. The third-order valence-corrected chi connectivity index (χ3v) is 20.5. The molecule has 4 aliphatic rings. The quantitative estimate of drug-likeness (QED) is 0.0797. The van der Waals surface area contributed by atoms with Gasteiger partial charge in [-0.1, -0.05) is 60.6 Å². The van der Waals surface area contributed by atoms with E-state index < -0.39 is 111 Å². The maximum absolute atomic E-state index is 16.7. The topological polar surface area (TPSA) is 197 Å². The Hall–Kier alpha value is -2.45. The number of carbonyl (C=O) groups is 4. The molecular weight excluding hydrogens is 910 g/mol. The number of Topliss-reactive ketones (excluding diaryl/α,β-unsaturated/α-hetero) is 2. The molecule has 69 heavy (non-hydrogen) atoms. The maximum atomic E-state index is 16.7. The van der Waals surface area contributed by atoms with Crippen LogP contribution in [0.4, 0.5) is 4.39 Å². The minimum absolute atomic E-state index is 0.0348. The fourth-order valence-electron chi connectivity index (χ4n) is 10.4. The van der Waals surface area contributed by atoms with Gasteiger partial charge < -0.3 is 53.1 Å². The number of cyclic esters (lactones) is 1. The minimum Gasteiger partial charge on any atom is -0.456 e. The number of piperidine rings is 1. The number of hydrogen-bond donors (Lipinski definition) is 3. The molecule has 1 saturated carbocycles.